The molecule has 2 aromatic rings. The highest BCUT2D eigenvalue weighted by Crippen LogP contribution is 2.22. The van der Waals surface area contributed by atoms with Crippen molar-refractivity contribution in [2.75, 3.05) is 13.2 Å². The van der Waals surface area contributed by atoms with Gasteiger partial charge in [0, 0.05) is 35.7 Å². The van der Waals surface area contributed by atoms with Gasteiger partial charge in [-0.25, -0.2) is 4.79 Å². The molecule has 1 saturated heterocycles. The van der Waals surface area contributed by atoms with Crippen molar-refractivity contribution < 1.29 is 19.4 Å². The molecule has 1 aliphatic heterocycles. The van der Waals surface area contributed by atoms with Gasteiger partial charge in [0.15, 0.2) is 5.54 Å². The van der Waals surface area contributed by atoms with Crippen LogP contribution in [0.2, 0.25) is 0 Å². The molecule has 1 amide bonds. The molecule has 6 nitrogen and oxygen atoms in total. The van der Waals surface area contributed by atoms with E-state index in [-0.39, 0.29) is 13.0 Å². The monoisotopic (exact) mass is 274 g/mol. The van der Waals surface area contributed by atoms with E-state index < -0.39 is 17.4 Å². The number of carbonyl (C=O) groups is 2. The number of fused-ring (bicyclic) bond motifs is 1. The van der Waals surface area contributed by atoms with Crippen molar-refractivity contribution in [1.29, 1.82) is 0 Å². The molecular formula is C14H14N2O4. The van der Waals surface area contributed by atoms with Crippen molar-refractivity contribution in [2.24, 2.45) is 0 Å². The van der Waals surface area contributed by atoms with Gasteiger partial charge in [-0.05, 0) is 18.2 Å². The van der Waals surface area contributed by atoms with Crippen molar-refractivity contribution in [3.8, 4) is 0 Å². The third kappa shape index (κ3) is 1.94. The molecule has 1 aromatic heterocycles. The standard InChI is InChI=1S/C14H14N2O4/c17-12(16-14(13(18)19)5-7-20-8-14)10-2-1-3-11-9(10)4-6-15-11/h1-4,6,15H,5,7-8H2,(H,16,17)(H,18,19). The maximum atomic E-state index is 12.4. The number of benzene rings is 1. The third-order valence-electron chi connectivity index (χ3n) is 3.62. The SMILES string of the molecule is O=C(NC1(C(=O)O)CCOC1)c1cccc2[nH]ccc12. The van der Waals surface area contributed by atoms with Gasteiger partial charge in [0.25, 0.3) is 5.91 Å². The number of aliphatic carboxylic acids is 1. The van der Waals surface area contributed by atoms with Crippen LogP contribution in [-0.4, -0.2) is 40.7 Å². The smallest absolute Gasteiger partial charge is 0.331 e. The van der Waals surface area contributed by atoms with Gasteiger partial charge < -0.3 is 20.1 Å². The maximum Gasteiger partial charge on any atom is 0.331 e. The van der Waals surface area contributed by atoms with E-state index >= 15 is 0 Å². The Balaban J connectivity index is 1.93. The zero-order chi connectivity index (χ0) is 14.2. The first-order chi connectivity index (χ1) is 9.62. The molecule has 20 heavy (non-hydrogen) atoms. The molecule has 1 aliphatic rings. The first-order valence-electron chi connectivity index (χ1n) is 6.32. The van der Waals surface area contributed by atoms with Crippen molar-refractivity contribution in [2.45, 2.75) is 12.0 Å². The lowest BCUT2D eigenvalue weighted by Gasteiger charge is -2.23. The Morgan fingerprint density at radius 2 is 2.20 bits per heavy atom. The minimum absolute atomic E-state index is 0.00279. The Hall–Kier alpha value is -2.34. The average Bonchev–Trinajstić information content (AvgIpc) is 3.06. The van der Waals surface area contributed by atoms with Gasteiger partial charge >= 0.3 is 5.97 Å². The predicted molar refractivity (Wildman–Crippen MR) is 71.6 cm³/mol. The third-order valence-corrected chi connectivity index (χ3v) is 3.62. The van der Waals surface area contributed by atoms with Gasteiger partial charge in [0.2, 0.25) is 0 Å². The summed E-state index contributed by atoms with van der Waals surface area (Å²) in [5.74, 6) is -1.47. The molecule has 0 radical (unpaired) electrons. The molecule has 0 saturated carbocycles. The van der Waals surface area contributed by atoms with Crippen LogP contribution in [0.15, 0.2) is 30.5 Å². The number of aromatic nitrogens is 1. The topological polar surface area (TPSA) is 91.4 Å². The summed E-state index contributed by atoms with van der Waals surface area (Å²) in [4.78, 5) is 26.8. The molecule has 2 heterocycles. The molecule has 1 fully saturated rings. The first-order valence-corrected chi connectivity index (χ1v) is 6.32. The number of rotatable bonds is 3. The van der Waals surface area contributed by atoms with E-state index in [4.69, 9.17) is 4.74 Å². The second-order valence-electron chi connectivity index (χ2n) is 4.89. The van der Waals surface area contributed by atoms with Crippen molar-refractivity contribution in [3.05, 3.63) is 36.0 Å². The molecule has 6 heteroatoms. The number of carboxylic acids is 1. The van der Waals surface area contributed by atoms with Crippen LogP contribution in [0.5, 0.6) is 0 Å². The fourth-order valence-electron chi connectivity index (χ4n) is 2.45. The van der Waals surface area contributed by atoms with Gasteiger partial charge in [-0.3, -0.25) is 4.79 Å². The number of nitrogens with one attached hydrogen (secondary N) is 2. The lowest BCUT2D eigenvalue weighted by atomic mass is 9.98. The van der Waals surface area contributed by atoms with E-state index in [9.17, 15) is 14.7 Å². The molecule has 3 rings (SSSR count). The van der Waals surface area contributed by atoms with E-state index in [2.05, 4.69) is 10.3 Å². The summed E-state index contributed by atoms with van der Waals surface area (Å²) in [5.41, 5.74) is -0.0313. The van der Waals surface area contributed by atoms with E-state index in [0.717, 1.165) is 10.9 Å². The van der Waals surface area contributed by atoms with E-state index in [1.165, 1.54) is 0 Å². The van der Waals surface area contributed by atoms with Crippen LogP contribution in [0.4, 0.5) is 0 Å². The quantitative estimate of drug-likeness (QED) is 0.782. The Morgan fingerprint density at radius 3 is 2.90 bits per heavy atom. The summed E-state index contributed by atoms with van der Waals surface area (Å²) < 4.78 is 5.13. The molecule has 0 bridgehead atoms. The minimum Gasteiger partial charge on any atom is -0.479 e. The summed E-state index contributed by atoms with van der Waals surface area (Å²) >= 11 is 0. The zero-order valence-electron chi connectivity index (χ0n) is 10.7. The highest BCUT2D eigenvalue weighted by atomic mass is 16.5. The zero-order valence-corrected chi connectivity index (χ0v) is 10.7. The predicted octanol–water partition coefficient (Wildman–Crippen LogP) is 1.14. The van der Waals surface area contributed by atoms with Crippen LogP contribution in [0, 0.1) is 0 Å². The molecule has 3 N–H and O–H groups in total. The van der Waals surface area contributed by atoms with Crippen LogP contribution in [0.25, 0.3) is 10.9 Å². The fourth-order valence-corrected chi connectivity index (χ4v) is 2.45. The van der Waals surface area contributed by atoms with Crippen LogP contribution < -0.4 is 5.32 Å². The molecule has 1 aromatic carbocycles. The Kier molecular flexibility index (Phi) is 2.94. The number of hydrogen-bond donors (Lipinski definition) is 3. The summed E-state index contributed by atoms with van der Waals surface area (Å²) in [6, 6.07) is 7.09. The van der Waals surface area contributed by atoms with Crippen molar-refractivity contribution >= 4 is 22.8 Å². The van der Waals surface area contributed by atoms with E-state index in [1.54, 1.807) is 24.4 Å². The second kappa shape index (κ2) is 4.64. The van der Waals surface area contributed by atoms with Gasteiger partial charge in [-0.15, -0.1) is 0 Å². The van der Waals surface area contributed by atoms with Crippen molar-refractivity contribution in [1.82, 2.24) is 10.3 Å². The number of hydrogen-bond acceptors (Lipinski definition) is 3. The average molecular weight is 274 g/mol. The molecular weight excluding hydrogens is 260 g/mol. The maximum absolute atomic E-state index is 12.4. The second-order valence-corrected chi connectivity index (χ2v) is 4.89. The van der Waals surface area contributed by atoms with Crippen molar-refractivity contribution in [3.63, 3.8) is 0 Å². The van der Waals surface area contributed by atoms with Crippen LogP contribution in [0.3, 0.4) is 0 Å². The number of amides is 1. The first kappa shape index (κ1) is 12.7. The number of aromatic amines is 1. The van der Waals surface area contributed by atoms with Crippen LogP contribution in [-0.2, 0) is 9.53 Å². The van der Waals surface area contributed by atoms with E-state index in [0.29, 0.717) is 12.2 Å². The largest absolute Gasteiger partial charge is 0.479 e. The van der Waals surface area contributed by atoms with E-state index in [1.807, 2.05) is 6.07 Å². The summed E-state index contributed by atoms with van der Waals surface area (Å²) in [6.45, 7) is 0.331. The Morgan fingerprint density at radius 1 is 1.35 bits per heavy atom. The number of carbonyl (C=O) groups excluding carboxylic acids is 1. The fraction of sp³-hybridized carbons (Fsp3) is 0.286. The Labute approximate surface area is 114 Å². The molecule has 1 atom stereocenters. The number of H-pyrrole nitrogens is 1. The molecule has 0 spiro atoms. The number of carboxylic acid groups (broad SMARTS) is 1. The van der Waals surface area contributed by atoms with Gasteiger partial charge in [-0.2, -0.15) is 0 Å². The van der Waals surface area contributed by atoms with Gasteiger partial charge in [-0.1, -0.05) is 6.07 Å². The Bertz CT molecular complexity index is 671. The summed E-state index contributed by atoms with van der Waals surface area (Å²) in [6.07, 6.45) is 2.02. The molecule has 104 valence electrons. The lowest BCUT2D eigenvalue weighted by Crippen LogP contribution is -2.55. The van der Waals surface area contributed by atoms with Gasteiger partial charge in [0.1, 0.15) is 0 Å². The highest BCUT2D eigenvalue weighted by molar-refractivity contribution is 6.07. The normalized spacial score (nSPS) is 22.0. The van der Waals surface area contributed by atoms with Crippen LogP contribution in [0.1, 0.15) is 16.8 Å². The lowest BCUT2D eigenvalue weighted by molar-refractivity contribution is -0.144. The summed E-state index contributed by atoms with van der Waals surface area (Å²) in [5, 5.41) is 12.7. The number of ether oxygens (including phenoxy) is 1. The van der Waals surface area contributed by atoms with Gasteiger partial charge in [0.05, 0.1) is 6.61 Å². The molecule has 1 unspecified atom stereocenters. The van der Waals surface area contributed by atoms with Crippen LogP contribution >= 0.6 is 0 Å². The summed E-state index contributed by atoms with van der Waals surface area (Å²) in [7, 11) is 0. The highest BCUT2D eigenvalue weighted by Gasteiger charge is 2.44. The minimum atomic E-state index is -1.32. The molecule has 0 aliphatic carbocycles.